The minimum atomic E-state index is -0.559. The zero-order valence-electron chi connectivity index (χ0n) is 18.2. The number of carbonyl (C=O) groups excluding carboxylic acids is 1. The molecule has 0 aliphatic heterocycles. The number of nitrogens with zero attached hydrogens (tertiary/aromatic N) is 2. The standard InChI is InChI=1S/C30H24N2O/c33-22-25-18-16-24(17-19-25)20-29-21-32(23-31-29)30(26-10-4-1-5-11-26,27-12-6-2-7-13-27)28-14-8-3-9-15-28/h1-19,21-23H,20H2. The van der Waals surface area contributed by atoms with E-state index in [-0.39, 0.29) is 0 Å². The van der Waals surface area contributed by atoms with E-state index >= 15 is 0 Å². The summed E-state index contributed by atoms with van der Waals surface area (Å²) in [5.41, 5.74) is 5.72. The van der Waals surface area contributed by atoms with Crippen LogP contribution in [0.5, 0.6) is 0 Å². The van der Waals surface area contributed by atoms with E-state index in [1.165, 1.54) is 16.7 Å². The average molecular weight is 429 g/mol. The molecule has 0 aliphatic rings. The maximum atomic E-state index is 11.0. The number of hydrogen-bond donors (Lipinski definition) is 0. The molecule has 0 spiro atoms. The minimum absolute atomic E-state index is 0.559. The molecule has 0 aliphatic carbocycles. The summed E-state index contributed by atoms with van der Waals surface area (Å²) in [7, 11) is 0. The summed E-state index contributed by atoms with van der Waals surface area (Å²) in [6, 6.07) is 39.4. The van der Waals surface area contributed by atoms with Crippen molar-refractivity contribution < 1.29 is 4.79 Å². The molecule has 0 radical (unpaired) electrons. The summed E-state index contributed by atoms with van der Waals surface area (Å²) >= 11 is 0. The molecule has 0 saturated heterocycles. The molecular weight excluding hydrogens is 404 g/mol. The predicted octanol–water partition coefficient (Wildman–Crippen LogP) is 6.13. The van der Waals surface area contributed by atoms with Crippen molar-refractivity contribution in [3.63, 3.8) is 0 Å². The van der Waals surface area contributed by atoms with Gasteiger partial charge in [-0.3, -0.25) is 4.79 Å². The van der Waals surface area contributed by atoms with E-state index in [1.54, 1.807) is 0 Å². The first kappa shape index (κ1) is 20.7. The Kier molecular flexibility index (Phi) is 5.69. The summed E-state index contributed by atoms with van der Waals surface area (Å²) in [6.45, 7) is 0. The van der Waals surface area contributed by atoms with Crippen LogP contribution in [0.25, 0.3) is 0 Å². The van der Waals surface area contributed by atoms with Gasteiger partial charge in [0.25, 0.3) is 0 Å². The molecule has 0 fully saturated rings. The molecule has 0 bridgehead atoms. The summed E-state index contributed by atoms with van der Waals surface area (Å²) in [4.78, 5) is 15.8. The molecule has 0 unspecified atom stereocenters. The van der Waals surface area contributed by atoms with Crippen molar-refractivity contribution in [3.05, 3.63) is 161 Å². The molecular formula is C30H24N2O. The Bertz CT molecular complexity index is 1230. The maximum absolute atomic E-state index is 11.0. The van der Waals surface area contributed by atoms with Crippen LogP contribution in [0.1, 0.15) is 38.3 Å². The van der Waals surface area contributed by atoms with Crippen LogP contribution in [0.15, 0.2) is 128 Å². The lowest BCUT2D eigenvalue weighted by atomic mass is 9.77. The Morgan fingerprint density at radius 3 is 1.61 bits per heavy atom. The number of hydrogen-bond acceptors (Lipinski definition) is 2. The lowest BCUT2D eigenvalue weighted by Crippen LogP contribution is -2.36. The van der Waals surface area contributed by atoms with Gasteiger partial charge >= 0.3 is 0 Å². The van der Waals surface area contributed by atoms with Crippen molar-refractivity contribution in [2.75, 3.05) is 0 Å². The highest BCUT2D eigenvalue weighted by molar-refractivity contribution is 5.74. The molecule has 33 heavy (non-hydrogen) atoms. The van der Waals surface area contributed by atoms with Crippen LogP contribution < -0.4 is 0 Å². The van der Waals surface area contributed by atoms with E-state index in [4.69, 9.17) is 4.98 Å². The van der Waals surface area contributed by atoms with Crippen LogP contribution in [0, 0.1) is 0 Å². The van der Waals surface area contributed by atoms with Gasteiger partial charge in [0, 0.05) is 18.2 Å². The van der Waals surface area contributed by atoms with Gasteiger partial charge in [-0.05, 0) is 22.3 Å². The molecule has 5 rings (SSSR count). The van der Waals surface area contributed by atoms with Gasteiger partial charge in [0.1, 0.15) is 11.8 Å². The SMILES string of the molecule is O=Cc1ccc(Cc2cn(C(c3ccccc3)(c3ccccc3)c3ccccc3)cn2)cc1. The Labute approximate surface area is 194 Å². The maximum Gasteiger partial charge on any atom is 0.150 e. The summed E-state index contributed by atoms with van der Waals surface area (Å²) in [5.74, 6) is 0. The molecule has 0 amide bonds. The van der Waals surface area contributed by atoms with Crippen molar-refractivity contribution in [1.82, 2.24) is 9.55 Å². The predicted molar refractivity (Wildman–Crippen MR) is 131 cm³/mol. The van der Waals surface area contributed by atoms with Crippen LogP contribution in [-0.4, -0.2) is 15.8 Å². The Morgan fingerprint density at radius 2 is 1.15 bits per heavy atom. The molecule has 1 heterocycles. The fourth-order valence-corrected chi connectivity index (χ4v) is 4.55. The summed E-state index contributed by atoms with van der Waals surface area (Å²) in [5, 5.41) is 0. The molecule has 4 aromatic carbocycles. The van der Waals surface area contributed by atoms with Gasteiger partial charge in [0.2, 0.25) is 0 Å². The van der Waals surface area contributed by atoms with Gasteiger partial charge in [0.15, 0.2) is 0 Å². The van der Waals surface area contributed by atoms with Crippen LogP contribution in [0.3, 0.4) is 0 Å². The third-order valence-electron chi connectivity index (χ3n) is 6.10. The number of carbonyl (C=O) groups is 1. The lowest BCUT2D eigenvalue weighted by molar-refractivity contribution is 0.112. The average Bonchev–Trinajstić information content (AvgIpc) is 3.35. The van der Waals surface area contributed by atoms with Gasteiger partial charge < -0.3 is 4.57 Å². The number of aromatic nitrogens is 2. The van der Waals surface area contributed by atoms with Gasteiger partial charge in [0.05, 0.1) is 12.0 Å². The first-order valence-electron chi connectivity index (χ1n) is 11.0. The summed E-state index contributed by atoms with van der Waals surface area (Å²) in [6.07, 6.45) is 5.63. The van der Waals surface area contributed by atoms with E-state index in [0.29, 0.717) is 12.0 Å². The second-order valence-corrected chi connectivity index (χ2v) is 8.12. The second-order valence-electron chi connectivity index (χ2n) is 8.12. The molecule has 1 aromatic heterocycles. The van der Waals surface area contributed by atoms with Gasteiger partial charge in [-0.15, -0.1) is 0 Å². The van der Waals surface area contributed by atoms with Crippen molar-refractivity contribution in [2.45, 2.75) is 12.0 Å². The summed E-state index contributed by atoms with van der Waals surface area (Å²) < 4.78 is 2.22. The van der Waals surface area contributed by atoms with Crippen LogP contribution in [0.2, 0.25) is 0 Å². The van der Waals surface area contributed by atoms with Crippen molar-refractivity contribution >= 4 is 6.29 Å². The number of rotatable bonds is 7. The van der Waals surface area contributed by atoms with E-state index in [2.05, 4.69) is 83.6 Å². The van der Waals surface area contributed by atoms with Crippen molar-refractivity contribution in [1.29, 1.82) is 0 Å². The molecule has 160 valence electrons. The van der Waals surface area contributed by atoms with E-state index in [1.807, 2.05) is 48.8 Å². The van der Waals surface area contributed by atoms with Gasteiger partial charge in [-0.1, -0.05) is 115 Å². The Balaban J connectivity index is 1.67. The highest BCUT2D eigenvalue weighted by Crippen LogP contribution is 2.40. The van der Waals surface area contributed by atoms with Crippen LogP contribution in [0.4, 0.5) is 0 Å². The van der Waals surface area contributed by atoms with Crippen molar-refractivity contribution in [3.8, 4) is 0 Å². The third kappa shape index (κ3) is 3.90. The molecule has 0 N–H and O–H groups in total. The van der Waals surface area contributed by atoms with Gasteiger partial charge in [-0.25, -0.2) is 4.98 Å². The normalized spacial score (nSPS) is 11.3. The zero-order valence-corrected chi connectivity index (χ0v) is 18.2. The topological polar surface area (TPSA) is 34.9 Å². The minimum Gasteiger partial charge on any atom is -0.319 e. The molecule has 3 nitrogen and oxygen atoms in total. The quantitative estimate of drug-likeness (QED) is 0.231. The Hall–Kier alpha value is -4.24. The molecule has 5 aromatic rings. The molecule has 0 atom stereocenters. The van der Waals surface area contributed by atoms with Crippen molar-refractivity contribution in [2.24, 2.45) is 0 Å². The van der Waals surface area contributed by atoms with E-state index in [0.717, 1.165) is 17.5 Å². The highest BCUT2D eigenvalue weighted by atomic mass is 16.1. The number of imidazole rings is 1. The number of benzene rings is 4. The molecule has 3 heteroatoms. The first-order chi connectivity index (χ1) is 16.3. The first-order valence-corrected chi connectivity index (χ1v) is 11.0. The van der Waals surface area contributed by atoms with E-state index in [9.17, 15) is 4.79 Å². The largest absolute Gasteiger partial charge is 0.319 e. The molecule has 0 saturated carbocycles. The highest BCUT2D eigenvalue weighted by Gasteiger charge is 2.38. The third-order valence-corrected chi connectivity index (χ3v) is 6.10. The fourth-order valence-electron chi connectivity index (χ4n) is 4.55. The van der Waals surface area contributed by atoms with Gasteiger partial charge in [-0.2, -0.15) is 0 Å². The Morgan fingerprint density at radius 1 is 0.667 bits per heavy atom. The van der Waals surface area contributed by atoms with Crippen LogP contribution >= 0.6 is 0 Å². The smallest absolute Gasteiger partial charge is 0.150 e. The lowest BCUT2D eigenvalue weighted by Gasteiger charge is -2.37. The zero-order chi connectivity index (χ0) is 22.5. The van der Waals surface area contributed by atoms with E-state index < -0.39 is 5.54 Å². The fraction of sp³-hybridized carbons (Fsp3) is 0.0667. The number of aldehydes is 1. The van der Waals surface area contributed by atoms with Crippen LogP contribution in [-0.2, 0) is 12.0 Å². The monoisotopic (exact) mass is 428 g/mol. The second kappa shape index (κ2) is 9.09.